The van der Waals surface area contributed by atoms with E-state index in [0.717, 1.165) is 0 Å². The van der Waals surface area contributed by atoms with Crippen molar-refractivity contribution in [2.45, 2.75) is 0 Å². The molecule has 0 aliphatic rings. The van der Waals surface area contributed by atoms with Gasteiger partial charge < -0.3 is 2.85 Å². The Balaban J connectivity index is 0. The van der Waals surface area contributed by atoms with Crippen LogP contribution in [0.25, 0.3) is 0 Å². The van der Waals surface area contributed by atoms with E-state index in [-0.39, 0.29) is 125 Å². The van der Waals surface area contributed by atoms with E-state index in [1.54, 1.807) is 0 Å². The second kappa shape index (κ2) is 24.9. The van der Waals surface area contributed by atoms with E-state index in [1.807, 2.05) is 0 Å². The van der Waals surface area contributed by atoms with Crippen molar-refractivity contribution < 1.29 is 50.8 Å². The van der Waals surface area contributed by atoms with Crippen molar-refractivity contribution in [2.75, 3.05) is 0 Å². The van der Waals surface area contributed by atoms with Gasteiger partial charge in [0, 0.05) is 47.9 Å². The first-order valence-electron chi connectivity index (χ1n) is 0. The Hall–Kier alpha value is 3.83. The predicted octanol–water partition coefficient (Wildman–Crippen LogP) is -2.80. The maximum atomic E-state index is 0. The Morgan fingerprint density at radius 2 is 1.20 bits per heavy atom. The monoisotopic (exact) mass is 290 g/mol. The molecular formula is H9AlSiSrTiZr. The van der Waals surface area contributed by atoms with Crippen molar-refractivity contribution in [3.63, 3.8) is 0 Å². The first-order chi connectivity index (χ1) is 0. The molecule has 0 nitrogen and oxygen atoms in total. The van der Waals surface area contributed by atoms with E-state index in [4.69, 9.17) is 0 Å². The molecule has 0 N–H and O–H groups in total. The number of rotatable bonds is 0. The molecule has 0 aromatic carbocycles. The van der Waals surface area contributed by atoms with Gasteiger partial charge in [0.25, 0.3) is 0 Å². The second-order valence-corrected chi connectivity index (χ2v) is 0. The predicted molar refractivity (Wildman–Crippen MR) is 29.3 cm³/mol. The third-order valence-electron chi connectivity index (χ3n) is 0. The van der Waals surface area contributed by atoms with Gasteiger partial charge in [0.15, 0.2) is 17.4 Å². The zero-order valence-electron chi connectivity index (χ0n) is 3.71. The molecule has 0 spiro atoms. The molecule has 0 heterocycles. The van der Waals surface area contributed by atoms with Crippen LogP contribution in [0.4, 0.5) is 0 Å². The minimum absolute atomic E-state index is 0. The van der Waals surface area contributed by atoms with Crippen molar-refractivity contribution in [1.82, 2.24) is 0 Å². The van der Waals surface area contributed by atoms with Crippen LogP contribution in [0.3, 0.4) is 0 Å². The summed E-state index contributed by atoms with van der Waals surface area (Å²) in [6.07, 6.45) is 0. The molecule has 0 fully saturated rings. The molecule has 26 valence electrons. The second-order valence-electron chi connectivity index (χ2n) is 0. The summed E-state index contributed by atoms with van der Waals surface area (Å²) in [5, 5.41) is 0. The van der Waals surface area contributed by atoms with Crippen molar-refractivity contribution in [2.24, 2.45) is 0 Å². The molecule has 0 aromatic heterocycles. The Bertz CT molecular complexity index is 17.7. The van der Waals surface area contributed by atoms with Crippen molar-refractivity contribution in [3.8, 4) is 0 Å². The Morgan fingerprint density at radius 1 is 1.20 bits per heavy atom. The molecule has 0 atom stereocenters. The van der Waals surface area contributed by atoms with Gasteiger partial charge in [-0.3, -0.25) is 0 Å². The average Bonchev–Trinajstić information content (AvgIpc) is 0. The summed E-state index contributed by atoms with van der Waals surface area (Å²) in [5.74, 6) is 0. The average molecular weight is 291 g/mol. The Morgan fingerprint density at radius 3 is 1.20 bits per heavy atom. The third kappa shape index (κ3) is 18.1. The van der Waals surface area contributed by atoms with Gasteiger partial charge in [-0.2, -0.15) is 0 Å². The van der Waals surface area contributed by atoms with Crippen LogP contribution in [0, 0.1) is 0 Å². The summed E-state index contributed by atoms with van der Waals surface area (Å²) < 4.78 is 0. The van der Waals surface area contributed by atoms with E-state index in [9.17, 15) is 0 Å². The third-order valence-corrected chi connectivity index (χ3v) is 0. The first kappa shape index (κ1) is 36.9. The molecule has 0 aliphatic heterocycles. The number of hydrogen-bond donors (Lipinski definition) is 0. The molecule has 0 aromatic rings. The van der Waals surface area contributed by atoms with Gasteiger partial charge >= 0.3 is 45.5 Å². The molecule has 0 amide bonds. The van der Waals surface area contributed by atoms with Gasteiger partial charge in [0.05, 0.1) is 0 Å². The molecule has 5 heteroatoms. The van der Waals surface area contributed by atoms with Gasteiger partial charge in [-0.15, -0.1) is 0 Å². The van der Waals surface area contributed by atoms with Gasteiger partial charge in [-0.25, -0.2) is 0 Å². The SMILES string of the molecule is [AlH3].[H-].[H-].[SiH4].[Sr+2].[Ti].[Zr]. The summed E-state index contributed by atoms with van der Waals surface area (Å²) in [6.45, 7) is 0. The van der Waals surface area contributed by atoms with Crippen LogP contribution in [-0.4, -0.2) is 73.8 Å². The Labute approximate surface area is 122 Å². The zero-order chi connectivity index (χ0) is 0. The summed E-state index contributed by atoms with van der Waals surface area (Å²) in [6, 6.07) is 0. The standard InChI is InChI=1S/Al.H4Si.Sr.Ti.Zr.5H/h;1H4;;;;;;;;/q;;+2;;;;;;2*-1. The molecule has 0 unspecified atom stereocenters. The van der Waals surface area contributed by atoms with Crippen LogP contribution in [-0.2, 0) is 47.9 Å². The van der Waals surface area contributed by atoms with Crippen LogP contribution in [0.15, 0.2) is 0 Å². The quantitative estimate of drug-likeness (QED) is 0.423. The fourth-order valence-corrected chi connectivity index (χ4v) is 0. The summed E-state index contributed by atoms with van der Waals surface area (Å²) in [4.78, 5) is 0. The summed E-state index contributed by atoms with van der Waals surface area (Å²) in [5.41, 5.74) is 0. The maximum Gasteiger partial charge on any atom is 2.00 e. The smallest absolute Gasteiger partial charge is 1.00 e. The Kier molecular flexibility index (Phi) is 184. The van der Waals surface area contributed by atoms with E-state index >= 15 is 0 Å². The van der Waals surface area contributed by atoms with Gasteiger partial charge in [0.1, 0.15) is 0 Å². The van der Waals surface area contributed by atoms with Crippen molar-refractivity contribution in [3.05, 3.63) is 0 Å². The summed E-state index contributed by atoms with van der Waals surface area (Å²) in [7, 11) is 0. The molecule has 0 radical (unpaired) electrons. The van der Waals surface area contributed by atoms with E-state index in [2.05, 4.69) is 0 Å². The topological polar surface area (TPSA) is 0 Å². The number of hydrogen-bond acceptors (Lipinski definition) is 0. The zero-order valence-corrected chi connectivity index (χ0v) is 9.20. The molecule has 0 saturated heterocycles. The van der Waals surface area contributed by atoms with Crippen LogP contribution in [0.1, 0.15) is 2.85 Å². The van der Waals surface area contributed by atoms with Crippen LogP contribution in [0.2, 0.25) is 0 Å². The van der Waals surface area contributed by atoms with E-state index in [1.165, 1.54) is 0 Å². The van der Waals surface area contributed by atoms with Gasteiger partial charge in [-0.1, -0.05) is 0 Å². The van der Waals surface area contributed by atoms with Crippen molar-refractivity contribution in [1.29, 1.82) is 0 Å². The molecule has 0 rings (SSSR count). The van der Waals surface area contributed by atoms with Crippen LogP contribution in [0.5, 0.6) is 0 Å². The normalized spacial score (nSPS) is 0. The van der Waals surface area contributed by atoms with E-state index in [0.29, 0.717) is 0 Å². The van der Waals surface area contributed by atoms with Gasteiger partial charge in [-0.05, 0) is 11.0 Å². The largest absolute Gasteiger partial charge is 2.00 e. The van der Waals surface area contributed by atoms with Crippen LogP contribution < -0.4 is 0 Å². The minimum Gasteiger partial charge on any atom is -1.00 e. The molecule has 0 saturated carbocycles. The first-order valence-corrected chi connectivity index (χ1v) is 0. The molecule has 0 bridgehead atoms. The molecular weight excluding hydrogens is 282 g/mol. The molecule has 0 aliphatic carbocycles. The maximum absolute atomic E-state index is 0. The van der Waals surface area contributed by atoms with Crippen molar-refractivity contribution >= 4 is 73.8 Å². The molecule has 5 heavy (non-hydrogen) atoms. The van der Waals surface area contributed by atoms with E-state index < -0.39 is 0 Å². The fourth-order valence-electron chi connectivity index (χ4n) is 0. The van der Waals surface area contributed by atoms with Crippen LogP contribution >= 0.6 is 0 Å². The van der Waals surface area contributed by atoms with Gasteiger partial charge in [0.2, 0.25) is 0 Å². The summed E-state index contributed by atoms with van der Waals surface area (Å²) >= 11 is 0. The minimum atomic E-state index is 0. The fraction of sp³-hybridized carbons (Fsp3) is 0.